The SMILES string of the molecule is N#Cc1ccc(-n2c3ccccc3c3cc(-c4ccc5c(c4)c4ccccc4n5-c4ccc(-c5ccccc5)cc4)ccc32)c(N2C(=O)c3ccccc3C2=O)c1. The molecule has 266 valence electrons. The zero-order valence-electron chi connectivity index (χ0n) is 30.4. The van der Waals surface area contributed by atoms with Crippen LogP contribution in [0.25, 0.3) is 77.2 Å². The van der Waals surface area contributed by atoms with Crippen LogP contribution in [0.2, 0.25) is 0 Å². The Labute approximate surface area is 327 Å². The summed E-state index contributed by atoms with van der Waals surface area (Å²) in [4.78, 5) is 28.8. The molecular weight excluding hydrogens is 701 g/mol. The number of aromatic nitrogens is 2. The molecule has 6 nitrogen and oxygen atoms in total. The van der Waals surface area contributed by atoms with E-state index in [2.05, 4.69) is 130 Å². The highest BCUT2D eigenvalue weighted by Crippen LogP contribution is 2.41. The van der Waals surface area contributed by atoms with Crippen LogP contribution in [-0.4, -0.2) is 20.9 Å². The van der Waals surface area contributed by atoms with Crippen LogP contribution in [-0.2, 0) is 0 Å². The Kier molecular flexibility index (Phi) is 7.12. The zero-order valence-corrected chi connectivity index (χ0v) is 30.4. The van der Waals surface area contributed by atoms with E-state index in [1.165, 1.54) is 26.8 Å². The fraction of sp³-hybridized carbons (Fsp3) is 0. The molecule has 0 bridgehead atoms. The molecule has 6 heteroatoms. The molecule has 0 radical (unpaired) electrons. The number of benzene rings is 8. The molecule has 10 aromatic rings. The smallest absolute Gasteiger partial charge is 0.266 e. The van der Waals surface area contributed by atoms with Crippen LogP contribution in [0, 0.1) is 11.3 Å². The standard InChI is InChI=1S/C51H30N4O2/c52-31-32-18-25-48(49(28-32)55-50(56)40-14-4-5-15-41(40)51(55)57)54-45-17-9-7-13-39(45)43-30-36(22-27-47(43)54)35-21-26-46-42(29-35)38-12-6-8-16-44(38)53(46)37-23-19-34(20-24-37)33-10-2-1-3-11-33/h1-30H. The van der Waals surface area contributed by atoms with Gasteiger partial charge in [0.2, 0.25) is 0 Å². The molecule has 2 aromatic heterocycles. The second kappa shape index (κ2) is 12.5. The van der Waals surface area contributed by atoms with Crippen molar-refractivity contribution in [3.63, 3.8) is 0 Å². The van der Waals surface area contributed by atoms with Crippen molar-refractivity contribution in [2.75, 3.05) is 4.90 Å². The normalized spacial score (nSPS) is 12.6. The van der Waals surface area contributed by atoms with Crippen LogP contribution >= 0.6 is 0 Å². The molecule has 8 aromatic carbocycles. The summed E-state index contributed by atoms with van der Waals surface area (Å²) in [6.07, 6.45) is 0. The minimum atomic E-state index is -0.407. The molecule has 57 heavy (non-hydrogen) atoms. The molecule has 2 amide bonds. The number of carbonyl (C=O) groups excluding carboxylic acids is 2. The number of carbonyl (C=O) groups is 2. The predicted molar refractivity (Wildman–Crippen MR) is 228 cm³/mol. The number of imide groups is 1. The lowest BCUT2D eigenvalue weighted by atomic mass is 10.0. The van der Waals surface area contributed by atoms with Gasteiger partial charge in [-0.2, -0.15) is 5.26 Å². The summed E-state index contributed by atoms with van der Waals surface area (Å²) in [5, 5.41) is 14.3. The van der Waals surface area contributed by atoms with Crippen LogP contribution in [0.3, 0.4) is 0 Å². The van der Waals surface area contributed by atoms with E-state index < -0.39 is 11.8 Å². The van der Waals surface area contributed by atoms with Gasteiger partial charge < -0.3 is 9.13 Å². The van der Waals surface area contributed by atoms with E-state index in [-0.39, 0.29) is 0 Å². The van der Waals surface area contributed by atoms with E-state index in [0.717, 1.165) is 49.7 Å². The molecule has 0 fully saturated rings. The Hall–Kier alpha value is -8.01. The van der Waals surface area contributed by atoms with Gasteiger partial charge in [0, 0.05) is 27.2 Å². The van der Waals surface area contributed by atoms with Crippen molar-refractivity contribution in [1.29, 1.82) is 5.26 Å². The number of amides is 2. The molecule has 0 saturated heterocycles. The number of nitriles is 1. The Balaban J connectivity index is 1.05. The predicted octanol–water partition coefficient (Wildman–Crippen LogP) is 11.9. The van der Waals surface area contributed by atoms with E-state index in [4.69, 9.17) is 0 Å². The number of nitrogens with zero attached hydrogens (tertiary/aromatic N) is 4. The number of fused-ring (bicyclic) bond motifs is 7. The minimum absolute atomic E-state index is 0.351. The zero-order chi connectivity index (χ0) is 38.2. The van der Waals surface area contributed by atoms with Gasteiger partial charge in [0.15, 0.2) is 0 Å². The molecule has 0 N–H and O–H groups in total. The van der Waals surface area contributed by atoms with E-state index in [1.807, 2.05) is 30.3 Å². The average molecular weight is 731 g/mol. The van der Waals surface area contributed by atoms with Crippen molar-refractivity contribution in [1.82, 2.24) is 9.13 Å². The van der Waals surface area contributed by atoms with E-state index in [1.54, 1.807) is 36.4 Å². The summed E-state index contributed by atoms with van der Waals surface area (Å²) < 4.78 is 4.43. The van der Waals surface area contributed by atoms with Gasteiger partial charge in [0.1, 0.15) is 0 Å². The maximum Gasteiger partial charge on any atom is 0.266 e. The van der Waals surface area contributed by atoms with Crippen LogP contribution in [0.15, 0.2) is 182 Å². The van der Waals surface area contributed by atoms with Crippen LogP contribution < -0.4 is 4.90 Å². The summed E-state index contributed by atoms with van der Waals surface area (Å²) >= 11 is 0. The topological polar surface area (TPSA) is 71.0 Å². The summed E-state index contributed by atoms with van der Waals surface area (Å²) in [5.74, 6) is -0.813. The molecular formula is C51H30N4O2. The molecule has 3 heterocycles. The second-order valence-corrected chi connectivity index (χ2v) is 14.4. The summed E-state index contributed by atoms with van der Waals surface area (Å²) in [6, 6.07) is 63.3. The van der Waals surface area contributed by atoms with Crippen molar-refractivity contribution < 1.29 is 9.59 Å². The lowest BCUT2D eigenvalue weighted by Crippen LogP contribution is -2.30. The Bertz CT molecular complexity index is 3310. The van der Waals surface area contributed by atoms with Crippen molar-refractivity contribution in [2.24, 2.45) is 0 Å². The Morgan fingerprint density at radius 1 is 0.386 bits per heavy atom. The molecule has 11 rings (SSSR count). The third kappa shape index (κ3) is 4.90. The molecule has 1 aliphatic heterocycles. The van der Waals surface area contributed by atoms with Crippen molar-refractivity contribution >= 4 is 61.1 Å². The van der Waals surface area contributed by atoms with Crippen LogP contribution in [0.1, 0.15) is 26.3 Å². The van der Waals surface area contributed by atoms with E-state index in [9.17, 15) is 14.9 Å². The van der Waals surface area contributed by atoms with Gasteiger partial charge in [-0.25, -0.2) is 4.90 Å². The number of anilines is 1. The van der Waals surface area contributed by atoms with Gasteiger partial charge in [-0.15, -0.1) is 0 Å². The summed E-state index contributed by atoms with van der Waals surface area (Å²) in [6.45, 7) is 0. The van der Waals surface area contributed by atoms with Gasteiger partial charge in [-0.3, -0.25) is 9.59 Å². The lowest BCUT2D eigenvalue weighted by Gasteiger charge is -2.20. The molecule has 0 spiro atoms. The van der Waals surface area contributed by atoms with Crippen molar-refractivity contribution in [3.05, 3.63) is 199 Å². The number of hydrogen-bond acceptors (Lipinski definition) is 3. The third-order valence-electron chi connectivity index (χ3n) is 11.3. The average Bonchev–Trinajstić information content (AvgIpc) is 3.87. The molecule has 0 unspecified atom stereocenters. The van der Waals surface area contributed by atoms with Gasteiger partial charge in [-0.05, 0) is 101 Å². The van der Waals surface area contributed by atoms with Crippen LogP contribution in [0.4, 0.5) is 5.69 Å². The summed E-state index contributed by atoms with van der Waals surface area (Å²) in [7, 11) is 0. The minimum Gasteiger partial charge on any atom is -0.309 e. The third-order valence-corrected chi connectivity index (χ3v) is 11.3. The van der Waals surface area contributed by atoms with Gasteiger partial charge >= 0.3 is 0 Å². The summed E-state index contributed by atoms with van der Waals surface area (Å²) in [5.41, 5.74) is 11.8. The first-order valence-electron chi connectivity index (χ1n) is 18.8. The highest BCUT2D eigenvalue weighted by Gasteiger charge is 2.38. The van der Waals surface area contributed by atoms with Gasteiger partial charge in [0.25, 0.3) is 11.8 Å². The molecule has 1 aliphatic rings. The lowest BCUT2D eigenvalue weighted by molar-refractivity contribution is 0.0926. The Morgan fingerprint density at radius 3 is 1.49 bits per heavy atom. The first-order valence-corrected chi connectivity index (χ1v) is 18.8. The van der Waals surface area contributed by atoms with Crippen molar-refractivity contribution in [3.8, 4) is 39.7 Å². The van der Waals surface area contributed by atoms with Gasteiger partial charge in [-0.1, -0.05) is 103 Å². The highest BCUT2D eigenvalue weighted by molar-refractivity contribution is 6.35. The first-order chi connectivity index (χ1) is 28.1. The van der Waals surface area contributed by atoms with Crippen molar-refractivity contribution in [2.45, 2.75) is 0 Å². The second-order valence-electron chi connectivity index (χ2n) is 14.4. The number of rotatable bonds is 5. The quantitative estimate of drug-likeness (QED) is 0.166. The van der Waals surface area contributed by atoms with E-state index >= 15 is 0 Å². The molecule has 0 saturated carbocycles. The number of para-hydroxylation sites is 2. The molecule has 0 aliphatic carbocycles. The van der Waals surface area contributed by atoms with Gasteiger partial charge in [0.05, 0.1) is 56.2 Å². The highest BCUT2D eigenvalue weighted by atomic mass is 16.2. The van der Waals surface area contributed by atoms with Crippen LogP contribution in [0.5, 0.6) is 0 Å². The fourth-order valence-corrected chi connectivity index (χ4v) is 8.65. The largest absolute Gasteiger partial charge is 0.309 e. The maximum absolute atomic E-state index is 13.8. The van der Waals surface area contributed by atoms with E-state index in [0.29, 0.717) is 28.1 Å². The monoisotopic (exact) mass is 730 g/mol. The maximum atomic E-state index is 13.8. The fourth-order valence-electron chi connectivity index (χ4n) is 8.65. The first kappa shape index (κ1) is 32.4. The number of hydrogen-bond donors (Lipinski definition) is 0. The molecule has 0 atom stereocenters. The Morgan fingerprint density at radius 2 is 0.877 bits per heavy atom.